The van der Waals surface area contributed by atoms with Crippen LogP contribution in [0.15, 0.2) is 5.16 Å². The molecular formula is C30H54N2O7. The standard InChI is InChI=1S/C30H54N2O7/c1-12-22-30(10,36)26(34)18(3)23(32-39-21-13-14-31-16-21)17(2)15-29(9,37-11)25(28(6,7)8)19(4)24(33)20(5)27(35)38-22/h17-22,25-26,31,34,36H,12-16H2,1-11H3/b32-23+/t17-,18+,19+,20-,21?,22-,25+,26-,29-,30-/m1/s1. The van der Waals surface area contributed by atoms with Crippen LogP contribution < -0.4 is 5.32 Å². The van der Waals surface area contributed by atoms with E-state index < -0.39 is 47.1 Å². The van der Waals surface area contributed by atoms with Gasteiger partial charge in [-0.3, -0.25) is 9.59 Å². The molecule has 0 radical (unpaired) electrons. The zero-order chi connectivity index (χ0) is 29.9. The molecule has 0 aromatic rings. The minimum atomic E-state index is -1.80. The number of carbonyl (C=O) groups excluding carboxylic acids is 2. The lowest BCUT2D eigenvalue weighted by Crippen LogP contribution is -2.57. The summed E-state index contributed by atoms with van der Waals surface area (Å²) < 4.78 is 11.9. The Morgan fingerprint density at radius 3 is 2.23 bits per heavy atom. The van der Waals surface area contributed by atoms with Crippen molar-refractivity contribution in [2.75, 3.05) is 20.2 Å². The van der Waals surface area contributed by atoms with E-state index in [0.29, 0.717) is 18.7 Å². The SMILES string of the molecule is CC[C@H]1OC(=O)[C@H](C)C(=O)[C@H](C)[C@@H](C(C)(C)C)[C@](C)(OC)C[C@@H](C)/C(=N\OC2CCNC2)[C@H](C)[C@@H](O)[C@]1(C)O. The molecule has 39 heavy (non-hydrogen) atoms. The molecule has 9 heteroatoms. The van der Waals surface area contributed by atoms with Crippen molar-refractivity contribution in [3.05, 3.63) is 0 Å². The van der Waals surface area contributed by atoms with E-state index in [0.717, 1.165) is 13.0 Å². The second-order valence-corrected chi connectivity index (χ2v) is 13.4. The van der Waals surface area contributed by atoms with Gasteiger partial charge in [0.2, 0.25) is 0 Å². The molecule has 2 heterocycles. The fourth-order valence-corrected chi connectivity index (χ4v) is 7.11. The summed E-state index contributed by atoms with van der Waals surface area (Å²) in [6.45, 7) is 20.3. The third kappa shape index (κ3) is 7.40. The number of nitrogens with one attached hydrogen (secondary N) is 1. The van der Waals surface area contributed by atoms with E-state index in [9.17, 15) is 19.8 Å². The largest absolute Gasteiger partial charge is 0.459 e. The molecule has 3 N–H and O–H groups in total. The Hall–Kier alpha value is -1.55. The predicted molar refractivity (Wildman–Crippen MR) is 151 cm³/mol. The normalized spacial score (nSPS) is 42.7. The smallest absolute Gasteiger partial charge is 0.316 e. The number of aliphatic hydroxyl groups excluding tert-OH is 1. The van der Waals surface area contributed by atoms with Crippen molar-refractivity contribution in [2.45, 2.75) is 118 Å². The van der Waals surface area contributed by atoms with E-state index in [-0.39, 0.29) is 35.6 Å². The summed E-state index contributed by atoms with van der Waals surface area (Å²) in [6.07, 6.45) is -0.840. The third-order valence-corrected chi connectivity index (χ3v) is 9.15. The molecule has 0 bridgehead atoms. The number of hydrogen-bond acceptors (Lipinski definition) is 9. The van der Waals surface area contributed by atoms with E-state index >= 15 is 0 Å². The Morgan fingerprint density at radius 2 is 1.74 bits per heavy atom. The summed E-state index contributed by atoms with van der Waals surface area (Å²) in [7, 11) is 1.65. The van der Waals surface area contributed by atoms with Crippen LogP contribution in [0.1, 0.15) is 88.5 Å². The van der Waals surface area contributed by atoms with Crippen molar-refractivity contribution in [1.82, 2.24) is 5.32 Å². The first kappa shape index (κ1) is 33.7. The van der Waals surface area contributed by atoms with Crippen LogP contribution in [0.4, 0.5) is 0 Å². The van der Waals surface area contributed by atoms with Gasteiger partial charge in [-0.25, -0.2) is 0 Å². The van der Waals surface area contributed by atoms with Gasteiger partial charge in [0.05, 0.1) is 17.4 Å². The molecule has 10 atom stereocenters. The first-order valence-electron chi connectivity index (χ1n) is 14.6. The van der Waals surface area contributed by atoms with Crippen molar-refractivity contribution in [1.29, 1.82) is 0 Å². The number of ketones is 1. The molecule has 2 aliphatic rings. The predicted octanol–water partition coefficient (Wildman–Crippen LogP) is 3.74. The van der Waals surface area contributed by atoms with Gasteiger partial charge in [-0.1, -0.05) is 53.6 Å². The zero-order valence-electron chi connectivity index (χ0n) is 26.0. The highest BCUT2D eigenvalue weighted by molar-refractivity contribution is 6.00. The number of methoxy groups -OCH3 is 1. The lowest BCUT2D eigenvalue weighted by atomic mass is 9.61. The van der Waals surface area contributed by atoms with E-state index in [1.807, 2.05) is 27.7 Å². The maximum absolute atomic E-state index is 13.7. The lowest BCUT2D eigenvalue weighted by Gasteiger charge is -2.49. The first-order chi connectivity index (χ1) is 17.9. The van der Waals surface area contributed by atoms with Gasteiger partial charge in [-0.15, -0.1) is 0 Å². The molecule has 0 saturated carbocycles. The maximum Gasteiger partial charge on any atom is 0.316 e. The molecule has 2 aliphatic heterocycles. The van der Waals surface area contributed by atoms with E-state index in [2.05, 4.69) is 31.2 Å². The van der Waals surface area contributed by atoms with Gasteiger partial charge in [-0.05, 0) is 45.6 Å². The number of cyclic esters (lactones) is 1. The number of Topliss-reactive ketones (excluding diaryl/α,β-unsaturated/α-hetero) is 1. The van der Waals surface area contributed by atoms with Gasteiger partial charge >= 0.3 is 5.97 Å². The highest BCUT2D eigenvalue weighted by Gasteiger charge is 2.51. The highest BCUT2D eigenvalue weighted by Crippen LogP contribution is 2.46. The quantitative estimate of drug-likeness (QED) is 0.273. The number of carbonyl (C=O) groups is 2. The van der Waals surface area contributed by atoms with Gasteiger partial charge in [0.25, 0.3) is 0 Å². The van der Waals surface area contributed by atoms with Gasteiger partial charge < -0.3 is 29.8 Å². The molecule has 0 aromatic heterocycles. The van der Waals surface area contributed by atoms with Crippen molar-refractivity contribution in [3.8, 4) is 0 Å². The molecular weight excluding hydrogens is 500 g/mol. The molecule has 0 aromatic carbocycles. The van der Waals surface area contributed by atoms with Crippen LogP contribution in [0.5, 0.6) is 0 Å². The Kier molecular flexibility index (Phi) is 11.2. The fraction of sp³-hybridized carbons (Fsp3) is 0.900. The van der Waals surface area contributed by atoms with Crippen molar-refractivity contribution in [2.24, 2.45) is 40.2 Å². The summed E-state index contributed by atoms with van der Waals surface area (Å²) >= 11 is 0. The van der Waals surface area contributed by atoms with Crippen molar-refractivity contribution >= 4 is 17.5 Å². The zero-order valence-corrected chi connectivity index (χ0v) is 26.0. The lowest BCUT2D eigenvalue weighted by molar-refractivity contribution is -0.187. The van der Waals surface area contributed by atoms with Gasteiger partial charge in [0.15, 0.2) is 0 Å². The number of oxime groups is 1. The monoisotopic (exact) mass is 554 g/mol. The summed E-state index contributed by atoms with van der Waals surface area (Å²) in [6, 6.07) is 0. The highest BCUT2D eigenvalue weighted by atomic mass is 16.6. The first-order valence-corrected chi connectivity index (χ1v) is 14.6. The van der Waals surface area contributed by atoms with Crippen LogP contribution in [-0.2, 0) is 23.9 Å². The maximum atomic E-state index is 13.7. The molecule has 2 saturated heterocycles. The second-order valence-electron chi connectivity index (χ2n) is 13.4. The minimum Gasteiger partial charge on any atom is -0.459 e. The Bertz CT molecular complexity index is 877. The summed E-state index contributed by atoms with van der Waals surface area (Å²) in [5, 5.41) is 30.9. The van der Waals surface area contributed by atoms with Gasteiger partial charge in [0, 0.05) is 43.7 Å². The fourth-order valence-electron chi connectivity index (χ4n) is 7.11. The summed E-state index contributed by atoms with van der Waals surface area (Å²) in [4.78, 5) is 32.9. The second kappa shape index (κ2) is 13.0. The van der Waals surface area contributed by atoms with Crippen molar-refractivity contribution in [3.63, 3.8) is 0 Å². The van der Waals surface area contributed by atoms with Crippen LogP contribution in [0.2, 0.25) is 0 Å². The van der Waals surface area contributed by atoms with Crippen LogP contribution in [0, 0.1) is 35.0 Å². The van der Waals surface area contributed by atoms with Crippen molar-refractivity contribution < 1.29 is 34.1 Å². The van der Waals surface area contributed by atoms with E-state index in [4.69, 9.17) is 14.3 Å². The molecule has 1 unspecified atom stereocenters. The molecule has 226 valence electrons. The molecule has 0 spiro atoms. The molecule has 0 aliphatic carbocycles. The van der Waals surface area contributed by atoms with E-state index in [1.165, 1.54) is 6.92 Å². The van der Waals surface area contributed by atoms with Gasteiger partial charge in [0.1, 0.15) is 29.5 Å². The molecule has 9 nitrogen and oxygen atoms in total. The summed E-state index contributed by atoms with van der Waals surface area (Å²) in [5.74, 6) is -3.58. The average Bonchev–Trinajstić information content (AvgIpc) is 3.37. The number of rotatable bonds is 4. The van der Waals surface area contributed by atoms with Crippen LogP contribution in [-0.4, -0.2) is 77.4 Å². The Labute approximate surface area is 235 Å². The van der Waals surface area contributed by atoms with Crippen LogP contribution >= 0.6 is 0 Å². The Morgan fingerprint density at radius 1 is 1.13 bits per heavy atom. The Balaban J connectivity index is 2.70. The van der Waals surface area contributed by atoms with Crippen LogP contribution in [0.3, 0.4) is 0 Å². The number of nitrogens with zero attached hydrogens (tertiary/aromatic N) is 1. The van der Waals surface area contributed by atoms with Gasteiger partial charge in [-0.2, -0.15) is 0 Å². The summed E-state index contributed by atoms with van der Waals surface area (Å²) in [5.41, 5.74) is -2.33. The topological polar surface area (TPSA) is 127 Å². The molecule has 2 fully saturated rings. The van der Waals surface area contributed by atoms with Crippen LogP contribution in [0.25, 0.3) is 0 Å². The number of ether oxygens (including phenoxy) is 2. The molecule has 2 rings (SSSR count). The average molecular weight is 555 g/mol. The number of hydrogen-bond donors (Lipinski definition) is 3. The van der Waals surface area contributed by atoms with E-state index in [1.54, 1.807) is 21.0 Å². The minimum absolute atomic E-state index is 0.0812. The third-order valence-electron chi connectivity index (χ3n) is 9.15. The number of aliphatic hydroxyl groups is 2. The molecule has 0 amide bonds. The number of esters is 1.